The average Bonchev–Trinajstić information content (AvgIpc) is 2.46. The van der Waals surface area contributed by atoms with Crippen LogP contribution < -0.4 is 10.6 Å². The number of hydrogen-bond acceptors (Lipinski definition) is 4. The lowest BCUT2D eigenvalue weighted by atomic mass is 10.2. The largest absolute Gasteiger partial charge is 0.352 e. The summed E-state index contributed by atoms with van der Waals surface area (Å²) in [4.78, 5) is 27.8. The molecule has 124 valence electrons. The number of piperazine rings is 1. The van der Waals surface area contributed by atoms with Crippen molar-refractivity contribution in [2.24, 2.45) is 0 Å². The van der Waals surface area contributed by atoms with E-state index in [1.807, 2.05) is 37.6 Å². The van der Waals surface area contributed by atoms with Crippen LogP contribution in [0.15, 0.2) is 0 Å². The third-order valence-electron chi connectivity index (χ3n) is 3.90. The summed E-state index contributed by atoms with van der Waals surface area (Å²) in [5.74, 6) is 0.0761. The molecule has 2 amide bonds. The van der Waals surface area contributed by atoms with Crippen LogP contribution in [0, 0.1) is 0 Å². The lowest BCUT2D eigenvalue weighted by Crippen LogP contribution is -2.52. The number of likely N-dealkylation sites (N-methyl/N-ethyl adjacent to an activating group) is 1. The second-order valence-corrected chi connectivity index (χ2v) is 5.54. The summed E-state index contributed by atoms with van der Waals surface area (Å²) in [7, 11) is 1.82. The summed E-state index contributed by atoms with van der Waals surface area (Å²) in [5, 5.41) is 6.17. The van der Waals surface area contributed by atoms with Gasteiger partial charge in [-0.3, -0.25) is 14.5 Å². The molecule has 0 spiro atoms. The lowest BCUT2D eigenvalue weighted by molar-refractivity contribution is -0.134. The molecule has 2 unspecified atom stereocenters. The van der Waals surface area contributed by atoms with Gasteiger partial charge < -0.3 is 15.5 Å². The van der Waals surface area contributed by atoms with Gasteiger partial charge in [0.2, 0.25) is 11.8 Å². The molecule has 0 aromatic heterocycles. The highest BCUT2D eigenvalue weighted by Crippen LogP contribution is 2.01. The molecular formula is C14H29ClN4O2. The normalized spacial score (nSPS) is 17.9. The molecule has 0 bridgehead atoms. The highest BCUT2D eigenvalue weighted by Gasteiger charge is 2.23. The van der Waals surface area contributed by atoms with Crippen LogP contribution in [0.5, 0.6) is 0 Å². The highest BCUT2D eigenvalue weighted by atomic mass is 35.5. The van der Waals surface area contributed by atoms with Gasteiger partial charge >= 0.3 is 0 Å². The second kappa shape index (κ2) is 9.97. The van der Waals surface area contributed by atoms with Gasteiger partial charge in [0.05, 0.1) is 12.6 Å². The summed E-state index contributed by atoms with van der Waals surface area (Å²) in [6, 6.07) is -0.127. The van der Waals surface area contributed by atoms with E-state index in [0.29, 0.717) is 0 Å². The molecule has 1 saturated heterocycles. The molecule has 1 aliphatic rings. The van der Waals surface area contributed by atoms with Crippen LogP contribution in [0.3, 0.4) is 0 Å². The summed E-state index contributed by atoms with van der Waals surface area (Å²) in [6.45, 7) is 9.33. The van der Waals surface area contributed by atoms with Crippen LogP contribution in [0.4, 0.5) is 0 Å². The van der Waals surface area contributed by atoms with Gasteiger partial charge in [-0.1, -0.05) is 6.92 Å². The molecule has 2 atom stereocenters. The maximum Gasteiger partial charge on any atom is 0.237 e. The summed E-state index contributed by atoms with van der Waals surface area (Å²) < 4.78 is 0. The van der Waals surface area contributed by atoms with E-state index in [1.165, 1.54) is 0 Å². The van der Waals surface area contributed by atoms with E-state index in [2.05, 4.69) is 10.6 Å². The zero-order chi connectivity index (χ0) is 15.1. The molecule has 1 rings (SSSR count). The van der Waals surface area contributed by atoms with Gasteiger partial charge in [-0.2, -0.15) is 0 Å². The predicted molar refractivity (Wildman–Crippen MR) is 86.7 cm³/mol. The van der Waals surface area contributed by atoms with Gasteiger partial charge in [0.25, 0.3) is 0 Å². The Morgan fingerprint density at radius 3 is 2.38 bits per heavy atom. The molecule has 0 aliphatic carbocycles. The Kier molecular flexibility index (Phi) is 9.57. The second-order valence-electron chi connectivity index (χ2n) is 5.54. The first-order valence-corrected chi connectivity index (χ1v) is 7.44. The zero-order valence-corrected chi connectivity index (χ0v) is 14.3. The predicted octanol–water partition coefficient (Wildman–Crippen LogP) is 0.0750. The molecule has 1 heterocycles. The minimum absolute atomic E-state index is 0. The van der Waals surface area contributed by atoms with Crippen molar-refractivity contribution < 1.29 is 9.59 Å². The highest BCUT2D eigenvalue weighted by molar-refractivity contribution is 5.85. The third-order valence-corrected chi connectivity index (χ3v) is 3.90. The maximum absolute atomic E-state index is 12.1. The third kappa shape index (κ3) is 6.63. The topological polar surface area (TPSA) is 64.7 Å². The quantitative estimate of drug-likeness (QED) is 0.727. The van der Waals surface area contributed by atoms with Crippen molar-refractivity contribution in [2.75, 3.05) is 39.8 Å². The number of nitrogens with zero attached hydrogens (tertiary/aromatic N) is 2. The number of nitrogens with one attached hydrogen (secondary N) is 2. The van der Waals surface area contributed by atoms with E-state index < -0.39 is 0 Å². The van der Waals surface area contributed by atoms with Crippen LogP contribution in [-0.2, 0) is 9.59 Å². The van der Waals surface area contributed by atoms with Crippen LogP contribution in [0.2, 0.25) is 0 Å². The van der Waals surface area contributed by atoms with E-state index in [9.17, 15) is 9.59 Å². The molecule has 0 aromatic rings. The van der Waals surface area contributed by atoms with Crippen LogP contribution in [0.1, 0.15) is 27.2 Å². The molecule has 1 aliphatic heterocycles. The minimum Gasteiger partial charge on any atom is -0.352 e. The molecule has 7 heteroatoms. The number of amides is 2. The van der Waals surface area contributed by atoms with E-state index in [-0.39, 0.29) is 42.8 Å². The Bertz CT molecular complexity index is 335. The van der Waals surface area contributed by atoms with Gasteiger partial charge in [0.1, 0.15) is 0 Å². The number of carbonyl (C=O) groups is 2. The lowest BCUT2D eigenvalue weighted by Gasteiger charge is -2.31. The van der Waals surface area contributed by atoms with Gasteiger partial charge in [-0.15, -0.1) is 12.4 Å². The molecular weight excluding hydrogens is 292 g/mol. The molecule has 2 N–H and O–H groups in total. The molecule has 0 radical (unpaired) electrons. The first-order valence-electron chi connectivity index (χ1n) is 7.44. The average molecular weight is 321 g/mol. The monoisotopic (exact) mass is 320 g/mol. The fraction of sp³-hybridized carbons (Fsp3) is 0.857. The van der Waals surface area contributed by atoms with Crippen molar-refractivity contribution in [3.05, 3.63) is 0 Å². The standard InChI is InChI=1S/C14H28N4O2.ClH/c1-5-11(2)16-14(20)12(3)17(4)10-13(19)18-8-6-15-7-9-18;/h11-12,15H,5-10H2,1-4H3,(H,16,20);1H. The Balaban J connectivity index is 0.00000400. The Hall–Kier alpha value is -0.850. The molecule has 0 saturated carbocycles. The number of carbonyl (C=O) groups excluding carboxylic acids is 2. The van der Waals surface area contributed by atoms with Gasteiger partial charge in [0.15, 0.2) is 0 Å². The first-order chi connectivity index (χ1) is 9.45. The molecule has 21 heavy (non-hydrogen) atoms. The number of rotatable bonds is 6. The minimum atomic E-state index is -0.295. The van der Waals surface area contributed by atoms with Crippen LogP contribution >= 0.6 is 12.4 Å². The zero-order valence-electron chi connectivity index (χ0n) is 13.5. The van der Waals surface area contributed by atoms with Crippen molar-refractivity contribution in [3.63, 3.8) is 0 Å². The SMILES string of the molecule is CCC(C)NC(=O)C(C)N(C)CC(=O)N1CCNCC1.Cl. The van der Waals surface area contributed by atoms with E-state index in [0.717, 1.165) is 32.6 Å². The van der Waals surface area contributed by atoms with Crippen LogP contribution in [-0.4, -0.2) is 73.5 Å². The van der Waals surface area contributed by atoms with Crippen LogP contribution in [0.25, 0.3) is 0 Å². The van der Waals surface area contributed by atoms with Gasteiger partial charge in [0, 0.05) is 32.2 Å². The summed E-state index contributed by atoms with van der Waals surface area (Å²) in [5.41, 5.74) is 0. The number of hydrogen-bond donors (Lipinski definition) is 2. The Morgan fingerprint density at radius 2 is 1.86 bits per heavy atom. The smallest absolute Gasteiger partial charge is 0.237 e. The number of halogens is 1. The Morgan fingerprint density at radius 1 is 1.29 bits per heavy atom. The van der Waals surface area contributed by atoms with Crippen molar-refractivity contribution >= 4 is 24.2 Å². The van der Waals surface area contributed by atoms with Gasteiger partial charge in [-0.05, 0) is 27.3 Å². The van der Waals surface area contributed by atoms with Crippen molar-refractivity contribution in [1.29, 1.82) is 0 Å². The van der Waals surface area contributed by atoms with Crippen molar-refractivity contribution in [3.8, 4) is 0 Å². The van der Waals surface area contributed by atoms with Gasteiger partial charge in [-0.25, -0.2) is 0 Å². The molecule has 6 nitrogen and oxygen atoms in total. The summed E-state index contributed by atoms with van der Waals surface area (Å²) in [6.07, 6.45) is 0.905. The summed E-state index contributed by atoms with van der Waals surface area (Å²) >= 11 is 0. The Labute approximate surface area is 134 Å². The van der Waals surface area contributed by atoms with Crippen molar-refractivity contribution in [1.82, 2.24) is 20.4 Å². The fourth-order valence-corrected chi connectivity index (χ4v) is 2.03. The van der Waals surface area contributed by atoms with E-state index >= 15 is 0 Å². The van der Waals surface area contributed by atoms with E-state index in [1.54, 1.807) is 0 Å². The molecule has 1 fully saturated rings. The fourth-order valence-electron chi connectivity index (χ4n) is 2.03. The van der Waals surface area contributed by atoms with E-state index in [4.69, 9.17) is 0 Å². The maximum atomic E-state index is 12.1. The first kappa shape index (κ1) is 20.1. The van der Waals surface area contributed by atoms with Crippen molar-refractivity contribution in [2.45, 2.75) is 39.3 Å². The molecule has 0 aromatic carbocycles.